The number of fused-ring (bicyclic) bond motifs is 2. The standard InChI is InChI=1S/C15H29N3/c1-17-7-3-4-13(11-17)16-10-12-8-14-5-6-15(9-12)18(14)2/h12-16H,3-11H2,1-2H3. The summed E-state index contributed by atoms with van der Waals surface area (Å²) in [5.74, 6) is 0.936. The van der Waals surface area contributed by atoms with Gasteiger partial charge in [0.15, 0.2) is 0 Å². The highest BCUT2D eigenvalue weighted by atomic mass is 15.2. The lowest BCUT2D eigenvalue weighted by Crippen LogP contribution is -2.48. The van der Waals surface area contributed by atoms with Crippen LogP contribution >= 0.6 is 0 Å². The van der Waals surface area contributed by atoms with Crippen molar-refractivity contribution in [2.24, 2.45) is 5.92 Å². The van der Waals surface area contributed by atoms with Gasteiger partial charge in [0.25, 0.3) is 0 Å². The Kier molecular flexibility index (Phi) is 3.92. The normalized spacial score (nSPS) is 42.3. The number of piperidine rings is 2. The molecule has 3 heterocycles. The van der Waals surface area contributed by atoms with Gasteiger partial charge in [-0.05, 0) is 71.6 Å². The van der Waals surface area contributed by atoms with Crippen LogP contribution in [0.1, 0.15) is 38.5 Å². The quantitative estimate of drug-likeness (QED) is 0.821. The lowest BCUT2D eigenvalue weighted by molar-refractivity contribution is 0.127. The second-order valence-electron chi connectivity index (χ2n) is 6.90. The molecule has 3 aliphatic heterocycles. The number of hydrogen-bond donors (Lipinski definition) is 1. The molecule has 3 heteroatoms. The van der Waals surface area contributed by atoms with Gasteiger partial charge < -0.3 is 15.1 Å². The van der Waals surface area contributed by atoms with Crippen LogP contribution in [0, 0.1) is 5.92 Å². The molecule has 104 valence electrons. The molecule has 3 aliphatic rings. The summed E-state index contributed by atoms with van der Waals surface area (Å²) >= 11 is 0. The maximum Gasteiger partial charge on any atom is 0.0195 e. The van der Waals surface area contributed by atoms with Crippen molar-refractivity contribution in [1.29, 1.82) is 0 Å². The Hall–Kier alpha value is -0.120. The SMILES string of the molecule is CN1CCCC(NCC2CC3CCC(C2)N3C)C1. The van der Waals surface area contributed by atoms with Crippen molar-refractivity contribution < 1.29 is 0 Å². The molecule has 3 atom stereocenters. The van der Waals surface area contributed by atoms with Gasteiger partial charge in [-0.25, -0.2) is 0 Å². The van der Waals surface area contributed by atoms with Crippen LogP contribution in [0.2, 0.25) is 0 Å². The Labute approximate surface area is 112 Å². The van der Waals surface area contributed by atoms with Crippen molar-refractivity contribution in [1.82, 2.24) is 15.1 Å². The second-order valence-corrected chi connectivity index (χ2v) is 6.90. The molecule has 0 aliphatic carbocycles. The predicted molar refractivity (Wildman–Crippen MR) is 75.8 cm³/mol. The van der Waals surface area contributed by atoms with E-state index in [1.807, 2.05) is 0 Å². The van der Waals surface area contributed by atoms with Crippen molar-refractivity contribution >= 4 is 0 Å². The number of likely N-dealkylation sites (N-methyl/N-ethyl adjacent to an activating group) is 1. The number of rotatable bonds is 3. The third-order valence-electron chi connectivity index (χ3n) is 5.52. The summed E-state index contributed by atoms with van der Waals surface area (Å²) in [7, 11) is 4.59. The van der Waals surface area contributed by atoms with Crippen LogP contribution in [0.3, 0.4) is 0 Å². The van der Waals surface area contributed by atoms with E-state index in [2.05, 4.69) is 29.2 Å². The zero-order valence-corrected chi connectivity index (χ0v) is 12.1. The summed E-state index contributed by atoms with van der Waals surface area (Å²) < 4.78 is 0. The fraction of sp³-hybridized carbons (Fsp3) is 1.00. The van der Waals surface area contributed by atoms with Crippen LogP contribution in [-0.2, 0) is 0 Å². The predicted octanol–water partition coefficient (Wildman–Crippen LogP) is 1.54. The fourth-order valence-corrected chi connectivity index (χ4v) is 4.36. The van der Waals surface area contributed by atoms with Gasteiger partial charge in [0.1, 0.15) is 0 Å². The largest absolute Gasteiger partial charge is 0.312 e. The van der Waals surface area contributed by atoms with Crippen molar-refractivity contribution in [3.05, 3.63) is 0 Å². The molecule has 0 aromatic rings. The molecule has 0 aromatic heterocycles. The van der Waals surface area contributed by atoms with Crippen molar-refractivity contribution in [2.45, 2.75) is 56.7 Å². The molecular weight excluding hydrogens is 222 g/mol. The molecule has 0 amide bonds. The molecule has 0 saturated carbocycles. The molecule has 3 nitrogen and oxygen atoms in total. The highest BCUT2D eigenvalue weighted by Gasteiger charge is 2.38. The molecule has 3 fully saturated rings. The van der Waals surface area contributed by atoms with Crippen molar-refractivity contribution in [2.75, 3.05) is 33.7 Å². The summed E-state index contributed by atoms with van der Waals surface area (Å²) in [6.07, 6.45) is 8.51. The first-order chi connectivity index (χ1) is 8.72. The summed E-state index contributed by atoms with van der Waals surface area (Å²) in [5, 5.41) is 3.85. The zero-order valence-electron chi connectivity index (χ0n) is 12.1. The summed E-state index contributed by atoms with van der Waals surface area (Å²) in [6, 6.07) is 2.54. The fourth-order valence-electron chi connectivity index (χ4n) is 4.36. The Morgan fingerprint density at radius 3 is 2.44 bits per heavy atom. The minimum absolute atomic E-state index is 0.751. The third kappa shape index (κ3) is 2.73. The third-order valence-corrected chi connectivity index (χ3v) is 5.52. The van der Waals surface area contributed by atoms with Crippen molar-refractivity contribution in [3.63, 3.8) is 0 Å². The lowest BCUT2D eigenvalue weighted by atomic mass is 9.90. The van der Waals surface area contributed by atoms with Crippen LogP contribution in [0.4, 0.5) is 0 Å². The van der Waals surface area contributed by atoms with Gasteiger partial charge >= 0.3 is 0 Å². The van der Waals surface area contributed by atoms with E-state index in [1.165, 1.54) is 58.2 Å². The zero-order chi connectivity index (χ0) is 12.5. The van der Waals surface area contributed by atoms with Gasteiger partial charge in [-0.1, -0.05) is 0 Å². The van der Waals surface area contributed by atoms with E-state index in [9.17, 15) is 0 Å². The van der Waals surface area contributed by atoms with Gasteiger partial charge in [0, 0.05) is 24.7 Å². The van der Waals surface area contributed by atoms with E-state index < -0.39 is 0 Å². The summed E-state index contributed by atoms with van der Waals surface area (Å²) in [5.41, 5.74) is 0. The first-order valence-corrected chi connectivity index (χ1v) is 7.86. The molecular formula is C15H29N3. The van der Waals surface area contributed by atoms with Gasteiger partial charge in [-0.2, -0.15) is 0 Å². The average molecular weight is 251 g/mol. The van der Waals surface area contributed by atoms with Gasteiger partial charge in [0.05, 0.1) is 0 Å². The van der Waals surface area contributed by atoms with Crippen LogP contribution in [0.25, 0.3) is 0 Å². The van der Waals surface area contributed by atoms with Gasteiger partial charge in [-0.3, -0.25) is 0 Å². The van der Waals surface area contributed by atoms with Crippen LogP contribution in [-0.4, -0.2) is 61.7 Å². The van der Waals surface area contributed by atoms with Crippen LogP contribution < -0.4 is 5.32 Å². The number of nitrogens with zero attached hydrogens (tertiary/aromatic N) is 2. The highest BCUT2D eigenvalue weighted by molar-refractivity contribution is 4.94. The Morgan fingerprint density at radius 2 is 1.78 bits per heavy atom. The van der Waals surface area contributed by atoms with E-state index in [0.29, 0.717) is 0 Å². The minimum atomic E-state index is 0.751. The van der Waals surface area contributed by atoms with E-state index in [0.717, 1.165) is 24.0 Å². The number of hydrogen-bond acceptors (Lipinski definition) is 3. The molecule has 3 saturated heterocycles. The smallest absolute Gasteiger partial charge is 0.0195 e. The molecule has 3 rings (SSSR count). The van der Waals surface area contributed by atoms with Crippen LogP contribution in [0.15, 0.2) is 0 Å². The lowest BCUT2D eigenvalue weighted by Gasteiger charge is -2.38. The first kappa shape index (κ1) is 12.9. The molecule has 0 spiro atoms. The second kappa shape index (κ2) is 5.48. The summed E-state index contributed by atoms with van der Waals surface area (Å²) in [6.45, 7) is 3.80. The Bertz CT molecular complexity index is 267. The van der Waals surface area contributed by atoms with Gasteiger partial charge in [-0.15, -0.1) is 0 Å². The molecule has 1 N–H and O–H groups in total. The monoisotopic (exact) mass is 251 g/mol. The van der Waals surface area contributed by atoms with E-state index in [-0.39, 0.29) is 0 Å². The minimum Gasteiger partial charge on any atom is -0.312 e. The molecule has 18 heavy (non-hydrogen) atoms. The van der Waals surface area contributed by atoms with Gasteiger partial charge in [0.2, 0.25) is 0 Å². The maximum atomic E-state index is 3.85. The molecule has 0 radical (unpaired) electrons. The molecule has 3 unspecified atom stereocenters. The molecule has 2 bridgehead atoms. The van der Waals surface area contributed by atoms with Crippen LogP contribution in [0.5, 0.6) is 0 Å². The first-order valence-electron chi connectivity index (χ1n) is 7.86. The number of likely N-dealkylation sites (tertiary alicyclic amines) is 1. The average Bonchev–Trinajstić information content (AvgIpc) is 2.60. The van der Waals surface area contributed by atoms with E-state index in [1.54, 1.807) is 0 Å². The van der Waals surface area contributed by atoms with E-state index in [4.69, 9.17) is 0 Å². The summed E-state index contributed by atoms with van der Waals surface area (Å²) in [4.78, 5) is 5.12. The molecule has 0 aromatic carbocycles. The highest BCUT2D eigenvalue weighted by Crippen LogP contribution is 2.37. The Balaban J connectivity index is 1.44. The maximum absolute atomic E-state index is 3.85. The van der Waals surface area contributed by atoms with Crippen molar-refractivity contribution in [3.8, 4) is 0 Å². The topological polar surface area (TPSA) is 18.5 Å². The number of nitrogens with one attached hydrogen (secondary N) is 1. The Morgan fingerprint density at radius 1 is 1.06 bits per heavy atom. The van der Waals surface area contributed by atoms with E-state index >= 15 is 0 Å².